The monoisotopic (exact) mass is 487 g/mol. The van der Waals surface area contributed by atoms with Crippen molar-refractivity contribution in [3.8, 4) is 5.75 Å². The van der Waals surface area contributed by atoms with E-state index in [1.54, 1.807) is 17.0 Å². The number of nitrogens with zero attached hydrogens (tertiary/aromatic N) is 2. The van der Waals surface area contributed by atoms with Crippen LogP contribution in [0.4, 0.5) is 4.79 Å². The van der Waals surface area contributed by atoms with Gasteiger partial charge in [0.1, 0.15) is 5.75 Å². The lowest BCUT2D eigenvalue weighted by atomic mass is 9.97. The molecule has 4 rings (SSSR count). The van der Waals surface area contributed by atoms with E-state index in [-0.39, 0.29) is 22.8 Å². The molecule has 2 heterocycles. The summed E-state index contributed by atoms with van der Waals surface area (Å²) in [5.74, 6) is 0.526. The van der Waals surface area contributed by atoms with Gasteiger partial charge in [0.05, 0.1) is 18.1 Å². The summed E-state index contributed by atoms with van der Waals surface area (Å²) in [6, 6.07) is 15.0. The molecule has 0 radical (unpaired) electrons. The van der Waals surface area contributed by atoms with Crippen molar-refractivity contribution < 1.29 is 27.5 Å². The molecule has 2 fully saturated rings. The predicted molar refractivity (Wildman–Crippen MR) is 125 cm³/mol. The van der Waals surface area contributed by atoms with Gasteiger partial charge in [-0.2, -0.15) is 4.31 Å². The highest BCUT2D eigenvalue weighted by Crippen LogP contribution is 2.20. The Labute approximate surface area is 199 Å². The van der Waals surface area contributed by atoms with E-state index >= 15 is 0 Å². The van der Waals surface area contributed by atoms with Crippen LogP contribution in [0, 0.1) is 5.92 Å². The molecule has 0 unspecified atom stereocenters. The van der Waals surface area contributed by atoms with Crippen molar-refractivity contribution in [3.63, 3.8) is 0 Å². The first-order valence-corrected chi connectivity index (χ1v) is 12.9. The Morgan fingerprint density at radius 1 is 0.941 bits per heavy atom. The van der Waals surface area contributed by atoms with E-state index in [1.165, 1.54) is 28.6 Å². The number of hydrogen-bond acceptors (Lipinski definition) is 6. The third kappa shape index (κ3) is 5.94. The molecule has 0 spiro atoms. The van der Waals surface area contributed by atoms with Crippen molar-refractivity contribution in [3.05, 3.63) is 60.2 Å². The molecule has 0 aliphatic carbocycles. The molecule has 2 aromatic rings. The number of rotatable bonds is 6. The fourth-order valence-electron chi connectivity index (χ4n) is 4.03. The minimum Gasteiger partial charge on any atom is -0.410 e. The van der Waals surface area contributed by atoms with Gasteiger partial charge in [-0.15, -0.1) is 0 Å². The van der Waals surface area contributed by atoms with Gasteiger partial charge in [-0.1, -0.05) is 18.2 Å². The molecule has 9 nitrogen and oxygen atoms in total. The molecule has 10 heteroatoms. The number of amides is 2. The SMILES string of the molecule is O=C(NCC1CCN(C(=O)Oc2ccccc2)CC1)c1ccc(S(=O)(=O)N2CCOCC2)cc1. The maximum atomic E-state index is 12.7. The minimum atomic E-state index is -3.59. The quantitative estimate of drug-likeness (QED) is 0.671. The molecule has 1 N–H and O–H groups in total. The number of benzene rings is 2. The number of para-hydroxylation sites is 1. The van der Waals surface area contributed by atoms with E-state index < -0.39 is 10.0 Å². The second kappa shape index (κ2) is 11.0. The van der Waals surface area contributed by atoms with Gasteiger partial charge in [0.2, 0.25) is 10.0 Å². The number of carbonyl (C=O) groups excluding carboxylic acids is 2. The van der Waals surface area contributed by atoms with E-state index in [1.807, 2.05) is 18.2 Å². The highest BCUT2D eigenvalue weighted by molar-refractivity contribution is 7.89. The number of ether oxygens (including phenoxy) is 2. The summed E-state index contributed by atoms with van der Waals surface area (Å²) in [6.07, 6.45) is 1.17. The highest BCUT2D eigenvalue weighted by Gasteiger charge is 2.27. The molecule has 0 saturated carbocycles. The topological polar surface area (TPSA) is 105 Å². The molecule has 2 amide bonds. The van der Waals surface area contributed by atoms with Crippen LogP contribution in [0.1, 0.15) is 23.2 Å². The van der Waals surface area contributed by atoms with Crippen LogP contribution in [0.2, 0.25) is 0 Å². The fraction of sp³-hybridized carbons (Fsp3) is 0.417. The first-order chi connectivity index (χ1) is 16.4. The van der Waals surface area contributed by atoms with E-state index in [0.29, 0.717) is 57.3 Å². The number of hydrogen-bond donors (Lipinski definition) is 1. The summed E-state index contributed by atoms with van der Waals surface area (Å²) >= 11 is 0. The van der Waals surface area contributed by atoms with Gasteiger partial charge >= 0.3 is 6.09 Å². The molecule has 2 aliphatic rings. The van der Waals surface area contributed by atoms with Gasteiger partial charge in [0.15, 0.2) is 0 Å². The molecular formula is C24H29N3O6S. The first-order valence-electron chi connectivity index (χ1n) is 11.4. The zero-order chi connectivity index (χ0) is 24.0. The van der Waals surface area contributed by atoms with Crippen LogP contribution >= 0.6 is 0 Å². The average molecular weight is 488 g/mol. The number of carbonyl (C=O) groups is 2. The minimum absolute atomic E-state index is 0.167. The summed E-state index contributed by atoms with van der Waals surface area (Å²) in [7, 11) is -3.59. The summed E-state index contributed by atoms with van der Waals surface area (Å²) in [5.41, 5.74) is 0.407. The van der Waals surface area contributed by atoms with Gasteiger partial charge in [-0.25, -0.2) is 13.2 Å². The van der Waals surface area contributed by atoms with Gasteiger partial charge in [0, 0.05) is 38.3 Å². The molecular weight excluding hydrogens is 458 g/mol. The summed E-state index contributed by atoms with van der Waals surface area (Å²) in [6.45, 7) is 3.05. The third-order valence-electron chi connectivity index (χ3n) is 6.10. The summed E-state index contributed by atoms with van der Waals surface area (Å²) in [5, 5.41) is 2.92. The second-order valence-electron chi connectivity index (χ2n) is 8.36. The van der Waals surface area contributed by atoms with Crippen LogP contribution in [0.15, 0.2) is 59.5 Å². The molecule has 2 aliphatic heterocycles. The second-order valence-corrected chi connectivity index (χ2v) is 10.3. The van der Waals surface area contributed by atoms with E-state index in [2.05, 4.69) is 5.32 Å². The van der Waals surface area contributed by atoms with E-state index in [9.17, 15) is 18.0 Å². The summed E-state index contributed by atoms with van der Waals surface area (Å²) in [4.78, 5) is 26.7. The van der Waals surface area contributed by atoms with Crippen LogP contribution in [0.5, 0.6) is 5.75 Å². The number of piperidine rings is 1. The fourth-order valence-corrected chi connectivity index (χ4v) is 5.43. The molecule has 2 aromatic carbocycles. The Kier molecular flexibility index (Phi) is 7.81. The van der Waals surface area contributed by atoms with Crippen molar-refractivity contribution >= 4 is 22.0 Å². The third-order valence-corrected chi connectivity index (χ3v) is 8.01. The molecule has 0 aromatic heterocycles. The lowest BCUT2D eigenvalue weighted by molar-refractivity contribution is 0.0730. The van der Waals surface area contributed by atoms with Crippen LogP contribution in [0.3, 0.4) is 0 Å². The first kappa shape index (κ1) is 24.2. The molecule has 2 saturated heterocycles. The van der Waals surface area contributed by atoms with Crippen LogP contribution in [-0.2, 0) is 14.8 Å². The van der Waals surface area contributed by atoms with Crippen molar-refractivity contribution in [2.75, 3.05) is 45.9 Å². The zero-order valence-corrected chi connectivity index (χ0v) is 19.7. The number of likely N-dealkylation sites (tertiary alicyclic amines) is 1. The van der Waals surface area contributed by atoms with Crippen LogP contribution in [0.25, 0.3) is 0 Å². The maximum Gasteiger partial charge on any atom is 0.415 e. The lowest BCUT2D eigenvalue weighted by Gasteiger charge is -2.31. The molecule has 0 bridgehead atoms. The number of morpholine rings is 1. The predicted octanol–water partition coefficient (Wildman–Crippen LogP) is 2.35. The van der Waals surface area contributed by atoms with E-state index in [4.69, 9.17) is 9.47 Å². The standard InChI is InChI=1S/C24H29N3O6S/c28-23(20-6-8-22(9-7-20)34(30,31)27-14-16-32-17-15-27)25-18-19-10-12-26(13-11-19)24(29)33-21-4-2-1-3-5-21/h1-9,19H,10-18H2,(H,25,28). The molecule has 182 valence electrons. The summed E-state index contributed by atoms with van der Waals surface area (Å²) < 4.78 is 37.4. The Morgan fingerprint density at radius 3 is 2.24 bits per heavy atom. The Hall–Kier alpha value is -2.95. The van der Waals surface area contributed by atoms with Crippen molar-refractivity contribution in [2.45, 2.75) is 17.7 Å². The number of sulfonamides is 1. The van der Waals surface area contributed by atoms with Gasteiger partial charge in [-0.3, -0.25) is 4.79 Å². The Balaban J connectivity index is 1.23. The normalized spacial score (nSPS) is 17.8. The lowest BCUT2D eigenvalue weighted by Crippen LogP contribution is -2.42. The molecule has 34 heavy (non-hydrogen) atoms. The van der Waals surface area contributed by atoms with Gasteiger partial charge < -0.3 is 19.7 Å². The zero-order valence-electron chi connectivity index (χ0n) is 18.9. The number of nitrogens with one attached hydrogen (secondary N) is 1. The van der Waals surface area contributed by atoms with Gasteiger partial charge in [0.25, 0.3) is 5.91 Å². The van der Waals surface area contributed by atoms with Crippen molar-refractivity contribution in [1.82, 2.24) is 14.5 Å². The largest absolute Gasteiger partial charge is 0.415 e. The van der Waals surface area contributed by atoms with Crippen LogP contribution < -0.4 is 10.1 Å². The molecule has 0 atom stereocenters. The van der Waals surface area contributed by atoms with Crippen molar-refractivity contribution in [1.29, 1.82) is 0 Å². The Bertz CT molecular complexity index is 1080. The smallest absolute Gasteiger partial charge is 0.410 e. The average Bonchev–Trinajstić information content (AvgIpc) is 2.88. The highest BCUT2D eigenvalue weighted by atomic mass is 32.2. The maximum absolute atomic E-state index is 12.7. The Morgan fingerprint density at radius 2 is 1.59 bits per heavy atom. The van der Waals surface area contributed by atoms with Crippen LogP contribution in [-0.4, -0.2) is 75.6 Å². The van der Waals surface area contributed by atoms with Crippen molar-refractivity contribution in [2.24, 2.45) is 5.92 Å². The van der Waals surface area contributed by atoms with Gasteiger partial charge in [-0.05, 0) is 55.2 Å². The van der Waals surface area contributed by atoms with E-state index in [0.717, 1.165) is 12.8 Å².